The van der Waals surface area contributed by atoms with Crippen LogP contribution in [0.15, 0.2) is 47.1 Å². The van der Waals surface area contributed by atoms with Gasteiger partial charge in [0.2, 0.25) is 5.82 Å². The van der Waals surface area contributed by atoms with E-state index in [2.05, 4.69) is 44.4 Å². The molecule has 0 aliphatic carbocycles. The number of morpholine rings is 1. The molecule has 1 aliphatic rings. The summed E-state index contributed by atoms with van der Waals surface area (Å²) < 4.78 is 12.9. The van der Waals surface area contributed by atoms with Gasteiger partial charge in [-0.2, -0.15) is 10.1 Å². The first-order chi connectivity index (χ1) is 11.8. The van der Waals surface area contributed by atoms with Gasteiger partial charge in [-0.15, -0.1) is 0 Å². The Morgan fingerprint density at radius 1 is 1.21 bits per heavy atom. The lowest BCUT2D eigenvalue weighted by atomic mass is 10.2. The summed E-state index contributed by atoms with van der Waals surface area (Å²) in [5, 5.41) is 8.22. The van der Waals surface area contributed by atoms with Crippen LogP contribution < -0.4 is 0 Å². The van der Waals surface area contributed by atoms with E-state index in [1.165, 1.54) is 5.56 Å². The molecule has 4 rings (SSSR count). The quantitative estimate of drug-likeness (QED) is 0.731. The lowest BCUT2D eigenvalue weighted by Crippen LogP contribution is -2.38. The monoisotopic (exact) mass is 325 g/mol. The van der Waals surface area contributed by atoms with Crippen molar-refractivity contribution in [1.29, 1.82) is 0 Å². The van der Waals surface area contributed by atoms with Crippen LogP contribution in [0.2, 0.25) is 0 Å². The molecule has 0 radical (unpaired) electrons. The molecule has 3 heterocycles. The summed E-state index contributed by atoms with van der Waals surface area (Å²) in [7, 11) is 1.85. The van der Waals surface area contributed by atoms with Crippen LogP contribution in [0.1, 0.15) is 17.5 Å². The Hall–Kier alpha value is -2.51. The zero-order chi connectivity index (χ0) is 16.4. The van der Waals surface area contributed by atoms with E-state index in [9.17, 15) is 0 Å². The highest BCUT2D eigenvalue weighted by Crippen LogP contribution is 2.24. The minimum atomic E-state index is -0.173. The van der Waals surface area contributed by atoms with Crippen LogP contribution in [0.3, 0.4) is 0 Å². The van der Waals surface area contributed by atoms with E-state index in [1.54, 1.807) is 10.9 Å². The normalized spacial score (nSPS) is 18.8. The number of aryl methyl sites for hydroxylation is 1. The number of aromatic nitrogens is 4. The van der Waals surface area contributed by atoms with Crippen molar-refractivity contribution < 1.29 is 9.26 Å². The van der Waals surface area contributed by atoms with Crippen LogP contribution in [0.4, 0.5) is 0 Å². The van der Waals surface area contributed by atoms with Gasteiger partial charge in [0.15, 0.2) is 0 Å². The molecule has 7 heteroatoms. The predicted molar refractivity (Wildman–Crippen MR) is 86.9 cm³/mol. The van der Waals surface area contributed by atoms with E-state index in [0.29, 0.717) is 18.3 Å². The highest BCUT2D eigenvalue weighted by atomic mass is 16.5. The molecule has 0 unspecified atom stereocenters. The minimum absolute atomic E-state index is 0.173. The zero-order valence-corrected chi connectivity index (χ0v) is 13.5. The van der Waals surface area contributed by atoms with Crippen molar-refractivity contribution in [3.63, 3.8) is 0 Å². The topological polar surface area (TPSA) is 69.2 Å². The van der Waals surface area contributed by atoms with Gasteiger partial charge in [-0.25, -0.2) is 0 Å². The number of hydrogen-bond acceptors (Lipinski definition) is 6. The zero-order valence-electron chi connectivity index (χ0n) is 13.5. The fraction of sp³-hybridized carbons (Fsp3) is 0.353. The smallest absolute Gasteiger partial charge is 0.276 e. The first-order valence-electron chi connectivity index (χ1n) is 7.99. The number of benzene rings is 1. The molecule has 0 amide bonds. The molecule has 0 spiro atoms. The first kappa shape index (κ1) is 15.0. The van der Waals surface area contributed by atoms with Crippen molar-refractivity contribution in [1.82, 2.24) is 24.8 Å². The average molecular weight is 325 g/mol. The third-order valence-electron chi connectivity index (χ3n) is 4.17. The Morgan fingerprint density at radius 2 is 2.08 bits per heavy atom. The maximum Gasteiger partial charge on any atom is 0.276 e. The molecule has 1 aliphatic heterocycles. The van der Waals surface area contributed by atoms with Gasteiger partial charge in [-0.1, -0.05) is 35.5 Å². The van der Waals surface area contributed by atoms with Crippen LogP contribution in [0.5, 0.6) is 0 Å². The van der Waals surface area contributed by atoms with Gasteiger partial charge < -0.3 is 9.26 Å². The molecule has 124 valence electrons. The summed E-state index contributed by atoms with van der Waals surface area (Å²) in [5.74, 6) is 1.05. The van der Waals surface area contributed by atoms with Crippen LogP contribution in [0.25, 0.3) is 11.6 Å². The molecule has 1 aromatic carbocycles. The SMILES string of the molecule is Cn1nccc1-c1nc([C@@H]2CN(Cc3ccccc3)CCO2)no1. The Labute approximate surface area is 139 Å². The van der Waals surface area contributed by atoms with E-state index >= 15 is 0 Å². The molecule has 0 saturated carbocycles. The maximum atomic E-state index is 5.84. The maximum absolute atomic E-state index is 5.84. The average Bonchev–Trinajstić information content (AvgIpc) is 3.25. The van der Waals surface area contributed by atoms with Gasteiger partial charge in [0.05, 0.1) is 6.61 Å². The molecule has 0 N–H and O–H groups in total. The van der Waals surface area contributed by atoms with Gasteiger partial charge in [-0.3, -0.25) is 9.58 Å². The van der Waals surface area contributed by atoms with Gasteiger partial charge in [0.25, 0.3) is 5.89 Å². The third kappa shape index (κ3) is 3.08. The summed E-state index contributed by atoms with van der Waals surface area (Å²) in [6.45, 7) is 3.21. The van der Waals surface area contributed by atoms with E-state index in [-0.39, 0.29) is 6.10 Å². The fourth-order valence-electron chi connectivity index (χ4n) is 2.90. The Balaban J connectivity index is 1.46. The second-order valence-corrected chi connectivity index (χ2v) is 5.88. The van der Waals surface area contributed by atoms with E-state index in [1.807, 2.05) is 19.2 Å². The number of hydrogen-bond donors (Lipinski definition) is 0. The van der Waals surface area contributed by atoms with Crippen molar-refractivity contribution in [3.05, 3.63) is 54.0 Å². The van der Waals surface area contributed by atoms with Crippen LogP contribution >= 0.6 is 0 Å². The summed E-state index contributed by atoms with van der Waals surface area (Å²) in [5.41, 5.74) is 2.09. The van der Waals surface area contributed by atoms with Crippen molar-refractivity contribution in [2.75, 3.05) is 19.7 Å². The number of rotatable bonds is 4. The fourth-order valence-corrected chi connectivity index (χ4v) is 2.90. The lowest BCUT2D eigenvalue weighted by molar-refractivity contribution is -0.0380. The van der Waals surface area contributed by atoms with Crippen LogP contribution in [0, 0.1) is 0 Å². The standard InChI is InChI=1S/C17H19N5O2/c1-21-14(7-8-18-21)17-19-16(20-24-17)15-12-22(9-10-23-15)11-13-5-3-2-4-6-13/h2-8,15H,9-12H2,1H3/t15-/m0/s1. The molecular weight excluding hydrogens is 306 g/mol. The predicted octanol–water partition coefficient (Wildman–Crippen LogP) is 2.04. The second kappa shape index (κ2) is 6.54. The molecule has 1 fully saturated rings. The molecular formula is C17H19N5O2. The molecule has 24 heavy (non-hydrogen) atoms. The third-order valence-corrected chi connectivity index (χ3v) is 4.17. The molecule has 7 nitrogen and oxygen atoms in total. The molecule has 0 bridgehead atoms. The molecule has 1 saturated heterocycles. The van der Waals surface area contributed by atoms with E-state index < -0.39 is 0 Å². The van der Waals surface area contributed by atoms with Gasteiger partial charge in [-0.05, 0) is 11.6 Å². The summed E-state index contributed by atoms with van der Waals surface area (Å²) in [6.07, 6.45) is 1.53. The summed E-state index contributed by atoms with van der Waals surface area (Å²) >= 11 is 0. The van der Waals surface area contributed by atoms with Crippen molar-refractivity contribution in [3.8, 4) is 11.6 Å². The van der Waals surface area contributed by atoms with Crippen molar-refractivity contribution >= 4 is 0 Å². The largest absolute Gasteiger partial charge is 0.367 e. The van der Waals surface area contributed by atoms with Gasteiger partial charge in [0.1, 0.15) is 11.8 Å². The van der Waals surface area contributed by atoms with Crippen molar-refractivity contribution in [2.45, 2.75) is 12.6 Å². The van der Waals surface area contributed by atoms with Gasteiger partial charge >= 0.3 is 0 Å². The number of ether oxygens (including phenoxy) is 1. The second-order valence-electron chi connectivity index (χ2n) is 5.88. The van der Waals surface area contributed by atoms with E-state index in [0.717, 1.165) is 25.3 Å². The van der Waals surface area contributed by atoms with Crippen LogP contribution in [-0.4, -0.2) is 44.5 Å². The summed E-state index contributed by atoms with van der Waals surface area (Å²) in [4.78, 5) is 6.84. The Bertz CT molecular complexity index is 798. The molecule has 2 aromatic heterocycles. The lowest BCUT2D eigenvalue weighted by Gasteiger charge is -2.31. The number of nitrogens with zero attached hydrogens (tertiary/aromatic N) is 5. The molecule has 3 aromatic rings. The Kier molecular flexibility index (Phi) is 4.10. The first-order valence-corrected chi connectivity index (χ1v) is 7.99. The van der Waals surface area contributed by atoms with Crippen LogP contribution in [-0.2, 0) is 18.3 Å². The van der Waals surface area contributed by atoms with E-state index in [4.69, 9.17) is 9.26 Å². The minimum Gasteiger partial charge on any atom is -0.367 e. The van der Waals surface area contributed by atoms with Crippen molar-refractivity contribution in [2.24, 2.45) is 7.05 Å². The summed E-state index contributed by atoms with van der Waals surface area (Å²) in [6, 6.07) is 12.3. The highest BCUT2D eigenvalue weighted by Gasteiger charge is 2.27. The van der Waals surface area contributed by atoms with Gasteiger partial charge in [0, 0.05) is 32.9 Å². The Morgan fingerprint density at radius 3 is 2.88 bits per heavy atom. The molecule has 1 atom stereocenters. The highest BCUT2D eigenvalue weighted by molar-refractivity contribution is 5.45.